The highest BCUT2D eigenvalue weighted by atomic mass is 35.5. The fourth-order valence-corrected chi connectivity index (χ4v) is 2.19. The highest BCUT2D eigenvalue weighted by Gasteiger charge is 2.10. The van der Waals surface area contributed by atoms with E-state index in [2.05, 4.69) is 15.5 Å². The average Bonchev–Trinajstić information content (AvgIpc) is 3.05. The van der Waals surface area contributed by atoms with Crippen molar-refractivity contribution in [3.8, 4) is 11.4 Å². The lowest BCUT2D eigenvalue weighted by atomic mass is 10.1. The largest absolute Gasteiger partial charge is 0.347 e. The number of halogens is 2. The second-order valence-corrected chi connectivity index (χ2v) is 5.54. The Kier molecular flexibility index (Phi) is 4.86. The Morgan fingerprint density at radius 3 is 2.54 bits per heavy atom. The van der Waals surface area contributed by atoms with Crippen LogP contribution in [0.4, 0.5) is 4.39 Å². The molecule has 1 amide bonds. The van der Waals surface area contributed by atoms with Crippen LogP contribution in [0.3, 0.4) is 0 Å². The summed E-state index contributed by atoms with van der Waals surface area (Å²) in [4.78, 5) is 16.1. The number of rotatable bonds is 5. The molecule has 1 heterocycles. The molecular weight excluding hydrogens is 333 g/mol. The summed E-state index contributed by atoms with van der Waals surface area (Å²) in [5.74, 6) is 0.175. The van der Waals surface area contributed by atoms with Gasteiger partial charge >= 0.3 is 0 Å². The first-order valence-electron chi connectivity index (χ1n) is 7.20. The third-order valence-electron chi connectivity index (χ3n) is 3.29. The van der Waals surface area contributed by atoms with Crippen LogP contribution in [-0.4, -0.2) is 16.0 Å². The van der Waals surface area contributed by atoms with Crippen LogP contribution in [0.1, 0.15) is 11.5 Å². The molecule has 0 aliphatic carbocycles. The molecule has 0 spiro atoms. The highest BCUT2D eigenvalue weighted by Crippen LogP contribution is 2.18. The number of hydrogen-bond donors (Lipinski definition) is 1. The molecule has 0 saturated carbocycles. The summed E-state index contributed by atoms with van der Waals surface area (Å²) in [5, 5.41) is 7.17. The summed E-state index contributed by atoms with van der Waals surface area (Å²) in [7, 11) is 0. The normalized spacial score (nSPS) is 10.6. The van der Waals surface area contributed by atoms with E-state index in [4.69, 9.17) is 16.1 Å². The van der Waals surface area contributed by atoms with Crippen LogP contribution < -0.4 is 5.32 Å². The van der Waals surface area contributed by atoms with Crippen molar-refractivity contribution in [3.63, 3.8) is 0 Å². The summed E-state index contributed by atoms with van der Waals surface area (Å²) >= 11 is 5.83. The first-order valence-corrected chi connectivity index (χ1v) is 7.57. The smallest absolute Gasteiger partial charge is 0.246 e. The molecule has 3 aromatic rings. The first-order chi connectivity index (χ1) is 11.6. The number of carbonyl (C=O) groups excluding carboxylic acids is 1. The van der Waals surface area contributed by atoms with Gasteiger partial charge in [-0.15, -0.1) is 0 Å². The minimum absolute atomic E-state index is 0.126. The standard InChI is InChI=1S/C17H13ClFN3O2/c18-13-5-3-12(4-6-13)17-21-16(24-22-17)10-20-15(23)9-11-1-7-14(19)8-2-11/h1-8H,9-10H2,(H,20,23). The Bertz CT molecular complexity index is 832. The fourth-order valence-electron chi connectivity index (χ4n) is 2.07. The molecule has 1 aromatic heterocycles. The molecule has 0 aliphatic rings. The Morgan fingerprint density at radius 2 is 1.83 bits per heavy atom. The fraction of sp³-hybridized carbons (Fsp3) is 0.118. The second-order valence-electron chi connectivity index (χ2n) is 5.10. The van der Waals surface area contributed by atoms with Crippen molar-refractivity contribution in [2.45, 2.75) is 13.0 Å². The Hall–Kier alpha value is -2.73. The average molecular weight is 346 g/mol. The molecule has 7 heteroatoms. The maximum atomic E-state index is 12.8. The van der Waals surface area contributed by atoms with Crippen molar-refractivity contribution in [1.29, 1.82) is 0 Å². The molecule has 0 fully saturated rings. The molecule has 1 N–H and O–H groups in total. The van der Waals surface area contributed by atoms with Crippen molar-refractivity contribution in [3.05, 3.63) is 70.8 Å². The van der Waals surface area contributed by atoms with Crippen molar-refractivity contribution < 1.29 is 13.7 Å². The number of amides is 1. The van der Waals surface area contributed by atoms with E-state index >= 15 is 0 Å². The lowest BCUT2D eigenvalue weighted by molar-refractivity contribution is -0.120. The monoisotopic (exact) mass is 345 g/mol. The van der Waals surface area contributed by atoms with Gasteiger partial charge < -0.3 is 9.84 Å². The summed E-state index contributed by atoms with van der Waals surface area (Å²) in [6.07, 6.45) is 0.151. The quantitative estimate of drug-likeness (QED) is 0.769. The lowest BCUT2D eigenvalue weighted by Gasteiger charge is -2.02. The van der Waals surface area contributed by atoms with Crippen LogP contribution >= 0.6 is 11.6 Å². The van der Waals surface area contributed by atoms with E-state index in [-0.39, 0.29) is 24.7 Å². The minimum Gasteiger partial charge on any atom is -0.347 e. The van der Waals surface area contributed by atoms with E-state index in [0.29, 0.717) is 16.7 Å². The summed E-state index contributed by atoms with van der Waals surface area (Å²) in [6, 6.07) is 12.8. The van der Waals surface area contributed by atoms with Crippen molar-refractivity contribution in [2.24, 2.45) is 0 Å². The lowest BCUT2D eigenvalue weighted by Crippen LogP contribution is -2.24. The Morgan fingerprint density at radius 1 is 1.12 bits per heavy atom. The van der Waals surface area contributed by atoms with E-state index in [1.165, 1.54) is 12.1 Å². The van der Waals surface area contributed by atoms with Crippen LogP contribution in [-0.2, 0) is 17.8 Å². The molecule has 5 nitrogen and oxygen atoms in total. The highest BCUT2D eigenvalue weighted by molar-refractivity contribution is 6.30. The second kappa shape index (κ2) is 7.23. The van der Waals surface area contributed by atoms with E-state index < -0.39 is 0 Å². The van der Waals surface area contributed by atoms with E-state index in [1.54, 1.807) is 36.4 Å². The predicted molar refractivity (Wildman–Crippen MR) is 86.7 cm³/mol. The maximum Gasteiger partial charge on any atom is 0.246 e. The first kappa shape index (κ1) is 16.1. The number of hydrogen-bond acceptors (Lipinski definition) is 4. The van der Waals surface area contributed by atoms with Crippen LogP contribution in [0.5, 0.6) is 0 Å². The molecule has 2 aromatic carbocycles. The third-order valence-corrected chi connectivity index (χ3v) is 3.54. The molecule has 0 radical (unpaired) electrons. The van der Waals surface area contributed by atoms with Crippen molar-refractivity contribution in [2.75, 3.05) is 0 Å². The van der Waals surface area contributed by atoms with Gasteiger partial charge in [0.25, 0.3) is 0 Å². The molecule has 0 atom stereocenters. The third kappa shape index (κ3) is 4.17. The van der Waals surface area contributed by atoms with Crippen LogP contribution in [0.25, 0.3) is 11.4 Å². The van der Waals surface area contributed by atoms with E-state index in [9.17, 15) is 9.18 Å². The zero-order valence-corrected chi connectivity index (χ0v) is 13.3. The van der Waals surface area contributed by atoms with Gasteiger partial charge in [0.15, 0.2) is 0 Å². The number of nitrogens with one attached hydrogen (secondary N) is 1. The molecule has 122 valence electrons. The van der Waals surface area contributed by atoms with Gasteiger partial charge in [-0.3, -0.25) is 4.79 Å². The molecule has 24 heavy (non-hydrogen) atoms. The minimum atomic E-state index is -0.334. The SMILES string of the molecule is O=C(Cc1ccc(F)cc1)NCc1nc(-c2ccc(Cl)cc2)no1. The van der Waals surface area contributed by atoms with Gasteiger partial charge in [-0.2, -0.15) is 4.98 Å². The van der Waals surface area contributed by atoms with E-state index in [0.717, 1.165) is 11.1 Å². The number of aromatic nitrogens is 2. The van der Waals surface area contributed by atoms with E-state index in [1.807, 2.05) is 0 Å². The molecular formula is C17H13ClFN3O2. The van der Waals surface area contributed by atoms with Gasteiger partial charge in [0, 0.05) is 10.6 Å². The van der Waals surface area contributed by atoms with Gasteiger partial charge in [0.2, 0.25) is 17.6 Å². The maximum absolute atomic E-state index is 12.8. The molecule has 0 aliphatic heterocycles. The van der Waals surface area contributed by atoms with Gasteiger partial charge in [0.1, 0.15) is 5.82 Å². The topological polar surface area (TPSA) is 68.0 Å². The number of carbonyl (C=O) groups is 1. The van der Waals surface area contributed by atoms with Crippen LogP contribution in [0, 0.1) is 5.82 Å². The van der Waals surface area contributed by atoms with Gasteiger partial charge in [-0.25, -0.2) is 4.39 Å². The van der Waals surface area contributed by atoms with Gasteiger partial charge in [-0.1, -0.05) is 28.9 Å². The molecule has 0 unspecified atom stereocenters. The Labute approximate surface area is 142 Å². The van der Waals surface area contributed by atoms with Crippen molar-refractivity contribution >= 4 is 17.5 Å². The number of nitrogens with zero attached hydrogens (tertiary/aromatic N) is 2. The molecule has 3 rings (SSSR count). The summed E-state index contributed by atoms with van der Waals surface area (Å²) in [6.45, 7) is 0.126. The van der Waals surface area contributed by atoms with Gasteiger partial charge in [0.05, 0.1) is 13.0 Å². The molecule has 0 bridgehead atoms. The molecule has 0 saturated heterocycles. The Balaban J connectivity index is 1.56. The summed E-state index contributed by atoms with van der Waals surface area (Å²) < 4.78 is 17.9. The van der Waals surface area contributed by atoms with Crippen molar-refractivity contribution in [1.82, 2.24) is 15.5 Å². The summed E-state index contributed by atoms with van der Waals surface area (Å²) in [5.41, 5.74) is 1.49. The zero-order valence-electron chi connectivity index (χ0n) is 12.5. The van der Waals surface area contributed by atoms with Gasteiger partial charge in [-0.05, 0) is 42.0 Å². The van der Waals surface area contributed by atoms with Crippen LogP contribution in [0.15, 0.2) is 53.1 Å². The predicted octanol–water partition coefficient (Wildman–Crippen LogP) is 3.39. The zero-order chi connectivity index (χ0) is 16.9. The van der Waals surface area contributed by atoms with Crippen LogP contribution in [0.2, 0.25) is 5.02 Å². The number of benzene rings is 2.